The van der Waals surface area contributed by atoms with Crippen molar-refractivity contribution < 1.29 is 0 Å². The summed E-state index contributed by atoms with van der Waals surface area (Å²) in [7, 11) is 0. The van der Waals surface area contributed by atoms with Gasteiger partial charge in [-0.2, -0.15) is 5.26 Å². The van der Waals surface area contributed by atoms with Crippen LogP contribution in [0.5, 0.6) is 0 Å². The second-order valence-corrected chi connectivity index (χ2v) is 4.62. The van der Waals surface area contributed by atoms with Crippen molar-refractivity contribution in [3.63, 3.8) is 0 Å². The van der Waals surface area contributed by atoms with E-state index in [-0.39, 0.29) is 0 Å². The quantitative estimate of drug-likeness (QED) is 0.854. The molecule has 0 heterocycles. The van der Waals surface area contributed by atoms with Crippen LogP contribution in [0, 0.1) is 25.2 Å². The maximum Gasteiger partial charge on any atom is 0.101 e. The van der Waals surface area contributed by atoms with E-state index in [0.717, 1.165) is 22.5 Å². The largest absolute Gasteiger partial charge is 0.353 e. The first-order valence-electron chi connectivity index (χ1n) is 5.64. The Kier molecular flexibility index (Phi) is 3.55. The first kappa shape index (κ1) is 12.5. The highest BCUT2D eigenvalue weighted by Crippen LogP contribution is 2.29. The molecule has 0 aliphatic heterocycles. The zero-order valence-electron chi connectivity index (χ0n) is 10.3. The summed E-state index contributed by atoms with van der Waals surface area (Å²) in [6.45, 7) is 3.95. The van der Waals surface area contributed by atoms with Gasteiger partial charge in [0.1, 0.15) is 6.07 Å². The fourth-order valence-corrected chi connectivity index (χ4v) is 2.07. The summed E-state index contributed by atoms with van der Waals surface area (Å²) in [6.07, 6.45) is 0. The van der Waals surface area contributed by atoms with Gasteiger partial charge in [0.05, 0.1) is 22.0 Å². The summed E-state index contributed by atoms with van der Waals surface area (Å²) in [5, 5.41) is 13.0. The van der Waals surface area contributed by atoms with Crippen molar-refractivity contribution in [2.75, 3.05) is 5.32 Å². The lowest BCUT2D eigenvalue weighted by Crippen LogP contribution is -1.97. The number of anilines is 2. The number of rotatable bonds is 2. The molecule has 0 radical (unpaired) electrons. The predicted molar refractivity (Wildman–Crippen MR) is 75.4 cm³/mol. The second kappa shape index (κ2) is 5.12. The van der Waals surface area contributed by atoms with Gasteiger partial charge in [-0.3, -0.25) is 0 Å². The van der Waals surface area contributed by atoms with E-state index in [1.165, 1.54) is 0 Å². The van der Waals surface area contributed by atoms with Crippen LogP contribution in [-0.2, 0) is 0 Å². The SMILES string of the molecule is Cc1ccc(Nc2c(C)cccc2C#N)c(Cl)c1. The van der Waals surface area contributed by atoms with E-state index in [2.05, 4.69) is 11.4 Å². The Morgan fingerprint density at radius 3 is 2.61 bits per heavy atom. The lowest BCUT2D eigenvalue weighted by atomic mass is 10.1. The van der Waals surface area contributed by atoms with Crippen LogP contribution in [0.25, 0.3) is 0 Å². The fourth-order valence-electron chi connectivity index (χ4n) is 1.78. The highest BCUT2D eigenvalue weighted by molar-refractivity contribution is 6.33. The third kappa shape index (κ3) is 2.47. The van der Waals surface area contributed by atoms with Gasteiger partial charge >= 0.3 is 0 Å². The van der Waals surface area contributed by atoms with Crippen molar-refractivity contribution in [2.45, 2.75) is 13.8 Å². The average Bonchev–Trinajstić information content (AvgIpc) is 2.34. The molecule has 0 atom stereocenters. The Morgan fingerprint density at radius 1 is 1.17 bits per heavy atom. The standard InChI is InChI=1S/C15H13ClN2/c1-10-6-7-14(13(16)8-10)18-15-11(2)4-3-5-12(15)9-17/h3-8,18H,1-2H3. The first-order chi connectivity index (χ1) is 8.61. The van der Waals surface area contributed by atoms with Gasteiger partial charge in [0, 0.05) is 0 Å². The van der Waals surface area contributed by atoms with Gasteiger partial charge in [-0.25, -0.2) is 0 Å². The van der Waals surface area contributed by atoms with Crippen molar-refractivity contribution in [2.24, 2.45) is 0 Å². The number of nitriles is 1. The molecule has 0 fully saturated rings. The van der Waals surface area contributed by atoms with Crippen LogP contribution in [0.2, 0.25) is 5.02 Å². The highest BCUT2D eigenvalue weighted by Gasteiger charge is 2.07. The van der Waals surface area contributed by atoms with Gasteiger partial charge in [0.2, 0.25) is 0 Å². The van der Waals surface area contributed by atoms with Crippen LogP contribution in [-0.4, -0.2) is 0 Å². The number of nitrogens with one attached hydrogen (secondary N) is 1. The fraction of sp³-hybridized carbons (Fsp3) is 0.133. The minimum absolute atomic E-state index is 0.617. The lowest BCUT2D eigenvalue weighted by Gasteiger charge is -2.12. The van der Waals surface area contributed by atoms with Crippen molar-refractivity contribution in [1.82, 2.24) is 0 Å². The zero-order valence-corrected chi connectivity index (χ0v) is 11.0. The lowest BCUT2D eigenvalue weighted by molar-refractivity contribution is 1.38. The molecular weight excluding hydrogens is 244 g/mol. The Labute approximate surface area is 112 Å². The third-order valence-electron chi connectivity index (χ3n) is 2.78. The second-order valence-electron chi connectivity index (χ2n) is 4.22. The van der Waals surface area contributed by atoms with E-state index in [0.29, 0.717) is 10.6 Å². The number of aryl methyl sites for hydroxylation is 2. The first-order valence-corrected chi connectivity index (χ1v) is 6.02. The number of hydrogen-bond acceptors (Lipinski definition) is 2. The molecule has 0 saturated heterocycles. The minimum atomic E-state index is 0.617. The predicted octanol–water partition coefficient (Wildman–Crippen LogP) is 4.57. The van der Waals surface area contributed by atoms with Crippen LogP contribution >= 0.6 is 11.6 Å². The van der Waals surface area contributed by atoms with E-state index < -0.39 is 0 Å². The highest BCUT2D eigenvalue weighted by atomic mass is 35.5. The van der Waals surface area contributed by atoms with Crippen molar-refractivity contribution in [3.8, 4) is 6.07 Å². The minimum Gasteiger partial charge on any atom is -0.353 e. The molecule has 2 rings (SSSR count). The Hall–Kier alpha value is -1.98. The van der Waals surface area contributed by atoms with Gasteiger partial charge in [0.25, 0.3) is 0 Å². The molecule has 2 nitrogen and oxygen atoms in total. The summed E-state index contributed by atoms with van der Waals surface area (Å²) in [5.41, 5.74) is 4.37. The van der Waals surface area contributed by atoms with E-state index in [1.807, 2.05) is 44.2 Å². The molecule has 1 N–H and O–H groups in total. The van der Waals surface area contributed by atoms with Gasteiger partial charge in [-0.05, 0) is 43.2 Å². The molecular formula is C15H13ClN2. The molecule has 0 aromatic heterocycles. The zero-order chi connectivity index (χ0) is 13.1. The molecule has 0 aliphatic carbocycles. The topological polar surface area (TPSA) is 35.8 Å². The summed E-state index contributed by atoms with van der Waals surface area (Å²) >= 11 is 6.18. The van der Waals surface area contributed by atoms with Gasteiger partial charge in [-0.15, -0.1) is 0 Å². The summed E-state index contributed by atoms with van der Waals surface area (Å²) in [5.74, 6) is 0. The summed E-state index contributed by atoms with van der Waals surface area (Å²) in [6, 6.07) is 13.6. The average molecular weight is 257 g/mol. The molecule has 2 aromatic carbocycles. The molecule has 0 bridgehead atoms. The van der Waals surface area contributed by atoms with E-state index >= 15 is 0 Å². The van der Waals surface area contributed by atoms with Crippen molar-refractivity contribution >= 4 is 23.0 Å². The molecule has 2 aromatic rings. The molecule has 0 amide bonds. The van der Waals surface area contributed by atoms with Crippen LogP contribution in [0.1, 0.15) is 16.7 Å². The summed E-state index contributed by atoms with van der Waals surface area (Å²) in [4.78, 5) is 0. The molecule has 18 heavy (non-hydrogen) atoms. The number of hydrogen-bond donors (Lipinski definition) is 1. The van der Waals surface area contributed by atoms with E-state index in [1.54, 1.807) is 6.07 Å². The maximum absolute atomic E-state index is 9.11. The maximum atomic E-state index is 9.11. The molecule has 0 aliphatic rings. The van der Waals surface area contributed by atoms with E-state index in [9.17, 15) is 0 Å². The molecule has 0 unspecified atom stereocenters. The van der Waals surface area contributed by atoms with Gasteiger partial charge in [-0.1, -0.05) is 29.8 Å². The molecule has 0 spiro atoms. The number of nitrogens with zero attached hydrogens (tertiary/aromatic N) is 1. The van der Waals surface area contributed by atoms with Gasteiger partial charge in [0.15, 0.2) is 0 Å². The number of halogens is 1. The number of para-hydroxylation sites is 1. The van der Waals surface area contributed by atoms with Crippen molar-refractivity contribution in [1.29, 1.82) is 5.26 Å². The monoisotopic (exact) mass is 256 g/mol. The number of benzene rings is 2. The molecule has 90 valence electrons. The molecule has 3 heteroatoms. The van der Waals surface area contributed by atoms with Crippen LogP contribution in [0.4, 0.5) is 11.4 Å². The smallest absolute Gasteiger partial charge is 0.101 e. The van der Waals surface area contributed by atoms with E-state index in [4.69, 9.17) is 16.9 Å². The van der Waals surface area contributed by atoms with Gasteiger partial charge < -0.3 is 5.32 Å². The van der Waals surface area contributed by atoms with Crippen LogP contribution in [0.15, 0.2) is 36.4 Å². The van der Waals surface area contributed by atoms with Crippen LogP contribution < -0.4 is 5.32 Å². The van der Waals surface area contributed by atoms with Crippen LogP contribution in [0.3, 0.4) is 0 Å². The summed E-state index contributed by atoms with van der Waals surface area (Å²) < 4.78 is 0. The Morgan fingerprint density at radius 2 is 1.94 bits per heavy atom. The third-order valence-corrected chi connectivity index (χ3v) is 3.09. The van der Waals surface area contributed by atoms with Crippen molar-refractivity contribution in [3.05, 3.63) is 58.1 Å². The normalized spacial score (nSPS) is 9.89. The Balaban J connectivity index is 2.43. The molecule has 0 saturated carbocycles. The Bertz CT molecular complexity index is 627.